The van der Waals surface area contributed by atoms with Gasteiger partial charge in [0.2, 0.25) is 0 Å². The van der Waals surface area contributed by atoms with Crippen molar-refractivity contribution in [3.63, 3.8) is 0 Å². The summed E-state index contributed by atoms with van der Waals surface area (Å²) in [5.74, 6) is 2.47. The van der Waals surface area contributed by atoms with Crippen LogP contribution in [0.15, 0.2) is 0 Å². The molecule has 3 nitrogen and oxygen atoms in total. The van der Waals surface area contributed by atoms with Crippen molar-refractivity contribution in [3.8, 4) is 0 Å². The van der Waals surface area contributed by atoms with Crippen LogP contribution >= 0.6 is 21.6 Å². The van der Waals surface area contributed by atoms with Crippen molar-refractivity contribution >= 4 is 27.7 Å². The molecule has 0 aromatic heterocycles. The van der Waals surface area contributed by atoms with E-state index >= 15 is 0 Å². The lowest BCUT2D eigenvalue weighted by Crippen LogP contribution is -1.81. The van der Waals surface area contributed by atoms with Crippen LogP contribution in [0.2, 0.25) is 0 Å². The Kier molecular flexibility index (Phi) is 14.8. The summed E-state index contributed by atoms with van der Waals surface area (Å²) in [4.78, 5) is 8.56. The fourth-order valence-electron chi connectivity index (χ4n) is 0.167. The maximum Gasteiger partial charge on any atom is 0.503 e. The molecular formula is C5H12O3S2. The molecule has 0 fully saturated rings. The monoisotopic (exact) mass is 184 g/mol. The normalized spacial score (nSPS) is 7.80. The minimum absolute atomic E-state index is 1.23. The molecule has 0 aromatic rings. The third-order valence-electron chi connectivity index (χ3n) is 0.319. The van der Waals surface area contributed by atoms with Crippen LogP contribution in [0, 0.1) is 0 Å². The van der Waals surface area contributed by atoms with Crippen LogP contribution in [0.1, 0.15) is 13.8 Å². The van der Waals surface area contributed by atoms with Crippen molar-refractivity contribution in [2.75, 3.05) is 11.5 Å². The van der Waals surface area contributed by atoms with Crippen LogP contribution in [0.4, 0.5) is 4.79 Å². The average Bonchev–Trinajstić information content (AvgIpc) is 1.82. The van der Waals surface area contributed by atoms with Gasteiger partial charge in [-0.05, 0) is 0 Å². The molecule has 0 spiro atoms. The van der Waals surface area contributed by atoms with E-state index in [4.69, 9.17) is 15.0 Å². The average molecular weight is 184 g/mol. The Morgan fingerprint density at radius 2 is 1.40 bits per heavy atom. The lowest BCUT2D eigenvalue weighted by atomic mass is 11.0. The van der Waals surface area contributed by atoms with E-state index in [1.54, 1.807) is 0 Å². The van der Waals surface area contributed by atoms with Gasteiger partial charge in [-0.15, -0.1) is 0 Å². The van der Waals surface area contributed by atoms with E-state index in [1.165, 1.54) is 11.5 Å². The Hall–Kier alpha value is -0.0300. The second-order valence-electron chi connectivity index (χ2n) is 1.10. The van der Waals surface area contributed by atoms with Crippen molar-refractivity contribution in [2.45, 2.75) is 13.8 Å². The molecule has 0 unspecified atom stereocenters. The largest absolute Gasteiger partial charge is 0.503 e. The van der Waals surface area contributed by atoms with E-state index in [0.29, 0.717) is 0 Å². The second-order valence-corrected chi connectivity index (χ2v) is 4.14. The van der Waals surface area contributed by atoms with Crippen molar-refractivity contribution in [2.24, 2.45) is 0 Å². The van der Waals surface area contributed by atoms with Crippen molar-refractivity contribution in [1.82, 2.24) is 0 Å². The van der Waals surface area contributed by atoms with E-state index in [2.05, 4.69) is 13.8 Å². The highest BCUT2D eigenvalue weighted by Gasteiger charge is 1.75. The van der Waals surface area contributed by atoms with E-state index in [9.17, 15) is 0 Å². The maximum absolute atomic E-state index is 8.56. The van der Waals surface area contributed by atoms with Gasteiger partial charge in [-0.2, -0.15) is 0 Å². The van der Waals surface area contributed by atoms with Crippen molar-refractivity contribution in [3.05, 3.63) is 0 Å². The molecule has 0 amide bonds. The summed E-state index contributed by atoms with van der Waals surface area (Å²) in [5.41, 5.74) is 0. The Morgan fingerprint density at radius 1 is 1.20 bits per heavy atom. The molecule has 2 N–H and O–H groups in total. The van der Waals surface area contributed by atoms with E-state index in [-0.39, 0.29) is 0 Å². The summed E-state index contributed by atoms with van der Waals surface area (Å²) >= 11 is 0. The van der Waals surface area contributed by atoms with Crippen molar-refractivity contribution in [1.29, 1.82) is 0 Å². The first kappa shape index (κ1) is 12.6. The highest BCUT2D eigenvalue weighted by Crippen LogP contribution is 2.18. The van der Waals surface area contributed by atoms with Gasteiger partial charge in [0.1, 0.15) is 0 Å². The molecule has 0 aliphatic rings. The highest BCUT2D eigenvalue weighted by atomic mass is 33.1. The predicted octanol–water partition coefficient (Wildman–Crippen LogP) is 2.63. The van der Waals surface area contributed by atoms with Gasteiger partial charge in [0, 0.05) is 11.5 Å². The summed E-state index contributed by atoms with van der Waals surface area (Å²) < 4.78 is 0. The lowest BCUT2D eigenvalue weighted by Gasteiger charge is -1.86. The number of hydrogen-bond donors (Lipinski definition) is 2. The molecule has 0 aliphatic heterocycles. The zero-order valence-corrected chi connectivity index (χ0v) is 7.67. The van der Waals surface area contributed by atoms with Crippen LogP contribution in [-0.4, -0.2) is 27.9 Å². The molecule has 0 atom stereocenters. The van der Waals surface area contributed by atoms with Gasteiger partial charge in [-0.3, -0.25) is 0 Å². The summed E-state index contributed by atoms with van der Waals surface area (Å²) in [5, 5.41) is 13.9. The topological polar surface area (TPSA) is 57.5 Å². The smallest absolute Gasteiger partial charge is 0.450 e. The Labute approximate surface area is 68.6 Å². The Balaban J connectivity index is 0. The maximum atomic E-state index is 8.56. The molecule has 0 heterocycles. The van der Waals surface area contributed by atoms with Gasteiger partial charge < -0.3 is 10.2 Å². The molecule has 0 bridgehead atoms. The zero-order chi connectivity index (χ0) is 8.41. The van der Waals surface area contributed by atoms with Gasteiger partial charge in [0.25, 0.3) is 0 Å². The molecule has 0 saturated carbocycles. The highest BCUT2D eigenvalue weighted by molar-refractivity contribution is 8.76. The summed E-state index contributed by atoms with van der Waals surface area (Å²) in [6.45, 7) is 4.35. The minimum Gasteiger partial charge on any atom is -0.450 e. The minimum atomic E-state index is -1.83. The molecule has 0 aromatic carbocycles. The summed E-state index contributed by atoms with van der Waals surface area (Å²) in [6, 6.07) is 0. The third kappa shape index (κ3) is 43.9. The lowest BCUT2D eigenvalue weighted by molar-refractivity contribution is 0.137. The number of carbonyl (C=O) groups is 1. The van der Waals surface area contributed by atoms with Gasteiger partial charge in [-0.25, -0.2) is 4.79 Å². The van der Waals surface area contributed by atoms with Crippen molar-refractivity contribution < 1.29 is 15.0 Å². The molecule has 0 radical (unpaired) electrons. The van der Waals surface area contributed by atoms with E-state index in [1.807, 2.05) is 21.6 Å². The molecular weight excluding hydrogens is 172 g/mol. The van der Waals surface area contributed by atoms with Gasteiger partial charge in [0.15, 0.2) is 0 Å². The van der Waals surface area contributed by atoms with E-state index in [0.717, 1.165) is 0 Å². The molecule has 0 rings (SSSR count). The molecule has 5 heteroatoms. The SMILES string of the molecule is CCSSCC.O=C(O)O. The van der Waals surface area contributed by atoms with E-state index < -0.39 is 6.16 Å². The number of rotatable bonds is 3. The van der Waals surface area contributed by atoms with Crippen LogP contribution < -0.4 is 0 Å². The Morgan fingerprint density at radius 3 is 1.50 bits per heavy atom. The van der Waals surface area contributed by atoms with Gasteiger partial charge in [-0.1, -0.05) is 35.4 Å². The molecule has 10 heavy (non-hydrogen) atoms. The van der Waals surface area contributed by atoms with Gasteiger partial charge >= 0.3 is 6.16 Å². The summed E-state index contributed by atoms with van der Waals surface area (Å²) in [7, 11) is 3.85. The fourth-order valence-corrected chi connectivity index (χ4v) is 1.50. The first-order valence-electron chi connectivity index (χ1n) is 2.81. The van der Waals surface area contributed by atoms with Crippen LogP contribution in [0.25, 0.3) is 0 Å². The van der Waals surface area contributed by atoms with Crippen LogP contribution in [0.5, 0.6) is 0 Å². The zero-order valence-electron chi connectivity index (χ0n) is 6.03. The number of hydrogen-bond acceptors (Lipinski definition) is 3. The summed E-state index contributed by atoms with van der Waals surface area (Å²) in [6.07, 6.45) is -1.83. The first-order valence-corrected chi connectivity index (χ1v) is 5.30. The fraction of sp³-hybridized carbons (Fsp3) is 0.800. The van der Waals surface area contributed by atoms with Crippen LogP contribution in [0.3, 0.4) is 0 Å². The predicted molar refractivity (Wildman–Crippen MR) is 46.9 cm³/mol. The first-order chi connectivity index (χ1) is 4.65. The third-order valence-corrected chi connectivity index (χ3v) is 2.87. The molecule has 62 valence electrons. The van der Waals surface area contributed by atoms with Gasteiger partial charge in [0.05, 0.1) is 0 Å². The molecule has 0 aliphatic carbocycles. The standard InChI is InChI=1S/C4H10S2.CH2O3/c1-3-5-6-4-2;2-1(3)4/h3-4H2,1-2H3;(H2,2,3,4). The quantitative estimate of drug-likeness (QED) is 0.521. The second kappa shape index (κ2) is 11.7. The molecule has 0 saturated heterocycles. The van der Waals surface area contributed by atoms with Crippen LogP contribution in [-0.2, 0) is 0 Å². The Bertz CT molecular complexity index is 69.3. The number of carboxylic acid groups (broad SMARTS) is 2.